The molecular weight excluding hydrogens is 188 g/mol. The monoisotopic (exact) mass is 210 g/mol. The maximum absolute atomic E-state index is 4.63. The lowest BCUT2D eigenvalue weighted by Gasteiger charge is -2.36. The lowest BCUT2D eigenvalue weighted by atomic mass is 10.3. The molecule has 0 aromatic heterocycles. The Morgan fingerprint density at radius 2 is 1.87 bits per heavy atom. The van der Waals surface area contributed by atoms with Crippen molar-refractivity contribution in [1.82, 2.24) is 14.7 Å². The summed E-state index contributed by atoms with van der Waals surface area (Å²) in [6, 6.07) is 0. The van der Waals surface area contributed by atoms with Crippen molar-refractivity contribution in [2.75, 3.05) is 52.9 Å². The fourth-order valence-electron chi connectivity index (χ4n) is 2.26. The van der Waals surface area contributed by atoms with Gasteiger partial charge in [-0.3, -0.25) is 4.99 Å². The van der Waals surface area contributed by atoms with E-state index in [4.69, 9.17) is 0 Å². The molecule has 0 unspecified atom stereocenters. The van der Waals surface area contributed by atoms with Gasteiger partial charge in [0.2, 0.25) is 0 Å². The third-order valence-electron chi connectivity index (χ3n) is 3.19. The van der Waals surface area contributed by atoms with E-state index in [-0.39, 0.29) is 0 Å². The summed E-state index contributed by atoms with van der Waals surface area (Å²) < 4.78 is 0. The van der Waals surface area contributed by atoms with Crippen molar-refractivity contribution < 1.29 is 0 Å². The van der Waals surface area contributed by atoms with Crippen LogP contribution in [0.15, 0.2) is 4.99 Å². The van der Waals surface area contributed by atoms with Crippen molar-refractivity contribution in [3.63, 3.8) is 0 Å². The summed E-state index contributed by atoms with van der Waals surface area (Å²) in [7, 11) is 2.19. The van der Waals surface area contributed by atoms with E-state index in [1.165, 1.54) is 25.5 Å². The van der Waals surface area contributed by atoms with Gasteiger partial charge in [-0.15, -0.1) is 0 Å². The molecule has 0 aromatic carbocycles. The molecule has 1 saturated heterocycles. The van der Waals surface area contributed by atoms with Crippen molar-refractivity contribution in [3.8, 4) is 0 Å². The molecule has 2 aliphatic rings. The van der Waals surface area contributed by atoms with Crippen LogP contribution in [0, 0.1) is 0 Å². The van der Waals surface area contributed by atoms with Gasteiger partial charge in [-0.1, -0.05) is 6.92 Å². The number of rotatable bonds is 2. The highest BCUT2D eigenvalue weighted by atomic mass is 15.4. The van der Waals surface area contributed by atoms with Crippen molar-refractivity contribution >= 4 is 5.96 Å². The van der Waals surface area contributed by atoms with Crippen LogP contribution in [0.1, 0.15) is 13.3 Å². The van der Waals surface area contributed by atoms with Crippen LogP contribution in [0.4, 0.5) is 0 Å². The summed E-state index contributed by atoms with van der Waals surface area (Å²) in [5.41, 5.74) is 0. The number of hydrogen-bond acceptors (Lipinski definition) is 4. The van der Waals surface area contributed by atoms with Gasteiger partial charge in [-0.05, 0) is 13.5 Å². The Morgan fingerprint density at radius 1 is 1.13 bits per heavy atom. The first kappa shape index (κ1) is 10.7. The molecule has 0 atom stereocenters. The topological polar surface area (TPSA) is 22.1 Å². The van der Waals surface area contributed by atoms with E-state index in [2.05, 4.69) is 33.7 Å². The quantitative estimate of drug-likeness (QED) is 0.655. The number of likely N-dealkylation sites (N-methyl/N-ethyl adjacent to an activating group) is 1. The Bertz CT molecular complexity index is 231. The molecular formula is C11H22N4. The van der Waals surface area contributed by atoms with E-state index >= 15 is 0 Å². The van der Waals surface area contributed by atoms with Crippen LogP contribution in [0.2, 0.25) is 0 Å². The van der Waals surface area contributed by atoms with E-state index in [1.807, 2.05) is 0 Å². The SMILES string of the molecule is CCCN1CCN=C1N1CCN(C)CC1. The van der Waals surface area contributed by atoms with Gasteiger partial charge in [-0.25, -0.2) is 0 Å². The molecule has 0 aromatic rings. The largest absolute Gasteiger partial charge is 0.341 e. The molecule has 0 radical (unpaired) electrons. The number of piperazine rings is 1. The van der Waals surface area contributed by atoms with Gasteiger partial charge in [0.25, 0.3) is 0 Å². The molecule has 2 heterocycles. The van der Waals surface area contributed by atoms with E-state index in [9.17, 15) is 0 Å². The number of hydrogen-bond donors (Lipinski definition) is 0. The smallest absolute Gasteiger partial charge is 0.196 e. The molecule has 0 saturated carbocycles. The molecule has 0 N–H and O–H groups in total. The van der Waals surface area contributed by atoms with Gasteiger partial charge in [0.05, 0.1) is 6.54 Å². The second-order valence-corrected chi connectivity index (χ2v) is 4.46. The van der Waals surface area contributed by atoms with E-state index in [0.29, 0.717) is 0 Å². The minimum Gasteiger partial charge on any atom is -0.341 e. The highest BCUT2D eigenvalue weighted by molar-refractivity contribution is 5.81. The molecule has 0 bridgehead atoms. The van der Waals surface area contributed by atoms with Crippen LogP contribution >= 0.6 is 0 Å². The zero-order valence-corrected chi connectivity index (χ0v) is 9.95. The first-order valence-corrected chi connectivity index (χ1v) is 6.04. The standard InChI is InChI=1S/C11H22N4/c1-3-5-14-6-4-12-11(14)15-9-7-13(2)8-10-15/h3-10H2,1-2H3. The highest BCUT2D eigenvalue weighted by Crippen LogP contribution is 2.09. The molecule has 2 rings (SSSR count). The average molecular weight is 210 g/mol. The zero-order chi connectivity index (χ0) is 10.7. The molecule has 0 spiro atoms. The predicted octanol–water partition coefficient (Wildman–Crippen LogP) is 0.315. The third-order valence-corrected chi connectivity index (χ3v) is 3.19. The first-order chi connectivity index (χ1) is 7.31. The van der Waals surface area contributed by atoms with Crippen LogP contribution in [0.5, 0.6) is 0 Å². The van der Waals surface area contributed by atoms with Crippen LogP contribution in [0.25, 0.3) is 0 Å². The van der Waals surface area contributed by atoms with Gasteiger partial charge in [0, 0.05) is 39.3 Å². The number of aliphatic imine (C=N–C) groups is 1. The van der Waals surface area contributed by atoms with E-state index in [0.717, 1.165) is 32.7 Å². The molecule has 0 aliphatic carbocycles. The number of guanidine groups is 1. The summed E-state index contributed by atoms with van der Waals surface area (Å²) in [5.74, 6) is 1.25. The Kier molecular flexibility index (Phi) is 3.46. The van der Waals surface area contributed by atoms with Crippen molar-refractivity contribution in [1.29, 1.82) is 0 Å². The fraction of sp³-hybridized carbons (Fsp3) is 0.909. The Hall–Kier alpha value is -0.770. The molecule has 86 valence electrons. The van der Waals surface area contributed by atoms with Crippen LogP contribution in [-0.2, 0) is 0 Å². The van der Waals surface area contributed by atoms with Crippen molar-refractivity contribution in [2.24, 2.45) is 4.99 Å². The van der Waals surface area contributed by atoms with Gasteiger partial charge in [-0.2, -0.15) is 0 Å². The zero-order valence-electron chi connectivity index (χ0n) is 9.95. The maximum Gasteiger partial charge on any atom is 0.196 e. The second kappa shape index (κ2) is 4.84. The van der Waals surface area contributed by atoms with Gasteiger partial charge in [0.15, 0.2) is 5.96 Å². The van der Waals surface area contributed by atoms with Gasteiger partial charge in [0.1, 0.15) is 0 Å². The van der Waals surface area contributed by atoms with E-state index in [1.54, 1.807) is 0 Å². The summed E-state index contributed by atoms with van der Waals surface area (Å²) in [6.45, 7) is 10.1. The van der Waals surface area contributed by atoms with Gasteiger partial charge >= 0.3 is 0 Å². The lowest BCUT2D eigenvalue weighted by Crippen LogP contribution is -2.51. The second-order valence-electron chi connectivity index (χ2n) is 4.46. The molecule has 4 heteroatoms. The van der Waals surface area contributed by atoms with Crippen LogP contribution in [-0.4, -0.2) is 73.5 Å². The molecule has 1 fully saturated rings. The Balaban J connectivity index is 1.92. The highest BCUT2D eigenvalue weighted by Gasteiger charge is 2.24. The minimum atomic E-state index is 0.988. The summed E-state index contributed by atoms with van der Waals surface area (Å²) in [4.78, 5) is 11.9. The van der Waals surface area contributed by atoms with Crippen LogP contribution < -0.4 is 0 Å². The fourth-order valence-corrected chi connectivity index (χ4v) is 2.26. The normalized spacial score (nSPS) is 23.5. The molecule has 2 aliphatic heterocycles. The molecule has 4 nitrogen and oxygen atoms in total. The minimum absolute atomic E-state index is 0.988. The Labute approximate surface area is 92.6 Å². The maximum atomic E-state index is 4.63. The predicted molar refractivity (Wildman–Crippen MR) is 63.2 cm³/mol. The molecule has 0 amide bonds. The van der Waals surface area contributed by atoms with Crippen molar-refractivity contribution in [3.05, 3.63) is 0 Å². The van der Waals surface area contributed by atoms with Gasteiger partial charge < -0.3 is 14.7 Å². The summed E-state index contributed by atoms with van der Waals surface area (Å²) in [5, 5.41) is 0. The van der Waals surface area contributed by atoms with Crippen LogP contribution in [0.3, 0.4) is 0 Å². The number of nitrogens with zero attached hydrogens (tertiary/aromatic N) is 4. The average Bonchev–Trinajstić information content (AvgIpc) is 2.68. The lowest BCUT2D eigenvalue weighted by molar-refractivity contribution is 0.200. The molecule has 15 heavy (non-hydrogen) atoms. The first-order valence-electron chi connectivity index (χ1n) is 6.04. The summed E-state index contributed by atoms with van der Waals surface area (Å²) in [6.07, 6.45) is 1.22. The summed E-state index contributed by atoms with van der Waals surface area (Å²) >= 11 is 0. The third kappa shape index (κ3) is 2.43. The van der Waals surface area contributed by atoms with Crippen molar-refractivity contribution in [2.45, 2.75) is 13.3 Å². The van der Waals surface area contributed by atoms with E-state index < -0.39 is 0 Å². The Morgan fingerprint density at radius 3 is 2.53 bits per heavy atom.